The molecule has 1 atom stereocenters. The maximum atomic E-state index is 9.10. The lowest BCUT2D eigenvalue weighted by Gasteiger charge is -2.35. The van der Waals surface area contributed by atoms with Crippen molar-refractivity contribution in [3.8, 4) is 0 Å². The first-order valence-electron chi connectivity index (χ1n) is 9.29. The van der Waals surface area contributed by atoms with E-state index in [0.29, 0.717) is 0 Å². The van der Waals surface area contributed by atoms with Gasteiger partial charge >= 0.3 is 23.9 Å². The fourth-order valence-corrected chi connectivity index (χ4v) is 5.63. The summed E-state index contributed by atoms with van der Waals surface area (Å²) in [6, 6.07) is 10.8. The highest BCUT2D eigenvalue weighted by Gasteiger charge is 2.22. The number of benzene rings is 1. The highest BCUT2D eigenvalue weighted by molar-refractivity contribution is 8.19. The molecule has 2 aliphatic heterocycles. The Kier molecular flexibility index (Phi) is 12.7. The number of thioether (sulfide) groups is 2. The number of nitrogens with zero attached hydrogens (tertiary/aromatic N) is 2. The van der Waals surface area contributed by atoms with E-state index in [0.717, 1.165) is 11.8 Å². The third kappa shape index (κ3) is 12.2. The maximum absolute atomic E-state index is 9.10. The van der Waals surface area contributed by atoms with E-state index in [1.807, 2.05) is 0 Å². The molecule has 0 saturated carbocycles. The van der Waals surface area contributed by atoms with Crippen molar-refractivity contribution in [3.63, 3.8) is 0 Å². The van der Waals surface area contributed by atoms with Crippen LogP contribution in [0.5, 0.6) is 0 Å². The van der Waals surface area contributed by atoms with Gasteiger partial charge < -0.3 is 20.4 Å². The molecule has 2 aliphatic rings. The first-order chi connectivity index (χ1) is 14.7. The molecule has 2 fully saturated rings. The second kappa shape index (κ2) is 14.7. The van der Waals surface area contributed by atoms with Crippen LogP contribution in [0.1, 0.15) is 5.56 Å². The Labute approximate surface area is 188 Å². The van der Waals surface area contributed by atoms with Gasteiger partial charge in [0.1, 0.15) is 0 Å². The lowest BCUT2D eigenvalue weighted by Crippen LogP contribution is -2.47. The summed E-state index contributed by atoms with van der Waals surface area (Å²) in [7, 11) is 0. The SMILES string of the molecule is O=C(O)C(=O)O.O=C(O)C(=O)O.c1ccc(CN2CCN(CC3CSCS3)CC2)cc1. The van der Waals surface area contributed by atoms with Crippen molar-refractivity contribution in [2.45, 2.75) is 11.8 Å². The van der Waals surface area contributed by atoms with Gasteiger partial charge in [-0.3, -0.25) is 9.80 Å². The van der Waals surface area contributed by atoms with E-state index in [2.05, 4.69) is 63.7 Å². The van der Waals surface area contributed by atoms with E-state index < -0.39 is 23.9 Å². The standard InChI is InChI=1S/C15H22N2S2.2C2H2O4/c1-2-4-14(5-3-1)10-16-6-8-17(9-7-16)11-15-12-18-13-19-15;2*3-1(4)2(5)6/h1-5,15H,6-13H2;2*(H,3,4)(H,5,6). The van der Waals surface area contributed by atoms with Crippen molar-refractivity contribution in [3.05, 3.63) is 35.9 Å². The molecule has 0 aromatic heterocycles. The number of carbonyl (C=O) groups is 4. The van der Waals surface area contributed by atoms with Gasteiger partial charge in [0.2, 0.25) is 0 Å². The third-order valence-corrected chi connectivity index (χ3v) is 7.08. The van der Waals surface area contributed by atoms with Crippen molar-refractivity contribution in [1.29, 1.82) is 0 Å². The van der Waals surface area contributed by atoms with E-state index >= 15 is 0 Å². The number of aliphatic carboxylic acids is 4. The smallest absolute Gasteiger partial charge is 0.414 e. The minimum absolute atomic E-state index is 0.880. The highest BCUT2D eigenvalue weighted by atomic mass is 32.2. The lowest BCUT2D eigenvalue weighted by molar-refractivity contribution is -0.159. The normalized spacial score (nSPS) is 18.6. The van der Waals surface area contributed by atoms with Crippen molar-refractivity contribution in [2.75, 3.05) is 43.6 Å². The molecule has 2 heterocycles. The molecule has 12 heteroatoms. The van der Waals surface area contributed by atoms with Crippen LogP contribution < -0.4 is 0 Å². The van der Waals surface area contributed by atoms with Gasteiger partial charge in [0.05, 0.1) is 0 Å². The summed E-state index contributed by atoms with van der Waals surface area (Å²) in [6.07, 6.45) is 0. The molecule has 2 saturated heterocycles. The molecule has 10 nitrogen and oxygen atoms in total. The minimum atomic E-state index is -1.82. The van der Waals surface area contributed by atoms with Crippen LogP contribution in [0.15, 0.2) is 30.3 Å². The highest BCUT2D eigenvalue weighted by Crippen LogP contribution is 2.30. The first-order valence-corrected chi connectivity index (χ1v) is 11.5. The largest absolute Gasteiger partial charge is 0.473 e. The molecule has 3 rings (SSSR count). The number of piperazine rings is 1. The predicted molar refractivity (Wildman–Crippen MR) is 117 cm³/mol. The van der Waals surface area contributed by atoms with Crippen LogP contribution in [-0.2, 0) is 25.7 Å². The summed E-state index contributed by atoms with van der Waals surface area (Å²) in [5.74, 6) is -5.94. The third-order valence-electron chi connectivity index (χ3n) is 4.23. The molecule has 1 aromatic rings. The van der Waals surface area contributed by atoms with Crippen LogP contribution in [0, 0.1) is 0 Å². The van der Waals surface area contributed by atoms with Crippen molar-refractivity contribution in [2.24, 2.45) is 0 Å². The summed E-state index contributed by atoms with van der Waals surface area (Å²) >= 11 is 4.25. The Morgan fingerprint density at radius 1 is 0.806 bits per heavy atom. The summed E-state index contributed by atoms with van der Waals surface area (Å²) < 4.78 is 0. The Bertz CT molecular complexity index is 673. The van der Waals surface area contributed by atoms with Gasteiger partial charge in [-0.25, -0.2) is 19.2 Å². The van der Waals surface area contributed by atoms with Gasteiger partial charge in [0.25, 0.3) is 0 Å². The molecular formula is C19H26N2O8S2. The molecule has 0 aliphatic carbocycles. The Morgan fingerprint density at radius 2 is 1.29 bits per heavy atom. The van der Waals surface area contributed by atoms with Crippen LogP contribution in [0.3, 0.4) is 0 Å². The monoisotopic (exact) mass is 474 g/mol. The van der Waals surface area contributed by atoms with Gasteiger partial charge in [0, 0.05) is 55.4 Å². The number of hydrogen-bond acceptors (Lipinski definition) is 8. The van der Waals surface area contributed by atoms with Crippen LogP contribution in [0.25, 0.3) is 0 Å². The van der Waals surface area contributed by atoms with E-state index in [9.17, 15) is 0 Å². The molecule has 1 aromatic carbocycles. The summed E-state index contributed by atoms with van der Waals surface area (Å²) in [5.41, 5.74) is 1.44. The summed E-state index contributed by atoms with van der Waals surface area (Å²) in [6.45, 7) is 7.35. The fraction of sp³-hybridized carbons (Fsp3) is 0.474. The predicted octanol–water partition coefficient (Wildman–Crippen LogP) is 0.922. The average Bonchev–Trinajstić information content (AvgIpc) is 3.24. The minimum Gasteiger partial charge on any atom is -0.473 e. The topological polar surface area (TPSA) is 156 Å². The molecule has 0 radical (unpaired) electrons. The molecule has 4 N–H and O–H groups in total. The first kappa shape index (κ1) is 26.8. The van der Waals surface area contributed by atoms with Gasteiger partial charge in [-0.1, -0.05) is 30.3 Å². The Hall–Kier alpha value is -2.28. The second-order valence-corrected chi connectivity index (χ2v) is 9.24. The van der Waals surface area contributed by atoms with Gasteiger partial charge in [0.15, 0.2) is 0 Å². The second-order valence-electron chi connectivity index (χ2n) is 6.56. The number of rotatable bonds is 4. The van der Waals surface area contributed by atoms with E-state index in [4.69, 9.17) is 39.6 Å². The van der Waals surface area contributed by atoms with Gasteiger partial charge in [-0.2, -0.15) is 0 Å². The molecule has 0 amide bonds. The maximum Gasteiger partial charge on any atom is 0.414 e. The van der Waals surface area contributed by atoms with Gasteiger partial charge in [-0.15, -0.1) is 23.5 Å². The van der Waals surface area contributed by atoms with E-state index in [1.165, 1.54) is 49.1 Å². The van der Waals surface area contributed by atoms with Crippen LogP contribution in [-0.4, -0.2) is 103 Å². The van der Waals surface area contributed by atoms with E-state index in [1.54, 1.807) is 0 Å². The summed E-state index contributed by atoms with van der Waals surface area (Å²) in [4.78, 5) is 41.6. The Balaban J connectivity index is 0.000000333. The summed E-state index contributed by atoms with van der Waals surface area (Å²) in [5, 5.41) is 31.7. The van der Waals surface area contributed by atoms with Crippen molar-refractivity contribution < 1.29 is 39.6 Å². The van der Waals surface area contributed by atoms with Crippen molar-refractivity contribution >= 4 is 47.4 Å². The zero-order valence-electron chi connectivity index (χ0n) is 16.8. The molecule has 0 spiro atoms. The molecule has 31 heavy (non-hydrogen) atoms. The number of hydrogen-bond donors (Lipinski definition) is 4. The van der Waals surface area contributed by atoms with Crippen LogP contribution >= 0.6 is 23.5 Å². The zero-order valence-corrected chi connectivity index (χ0v) is 18.4. The van der Waals surface area contributed by atoms with Crippen molar-refractivity contribution in [1.82, 2.24) is 9.80 Å². The van der Waals surface area contributed by atoms with Crippen LogP contribution in [0.4, 0.5) is 0 Å². The molecule has 172 valence electrons. The molecule has 0 bridgehead atoms. The number of carboxylic acids is 4. The zero-order chi connectivity index (χ0) is 23.2. The lowest BCUT2D eigenvalue weighted by atomic mass is 10.2. The van der Waals surface area contributed by atoms with E-state index in [-0.39, 0.29) is 0 Å². The quantitative estimate of drug-likeness (QED) is 0.458. The Morgan fingerprint density at radius 3 is 1.71 bits per heavy atom. The van der Waals surface area contributed by atoms with Crippen LogP contribution in [0.2, 0.25) is 0 Å². The fourth-order valence-electron chi connectivity index (χ4n) is 2.74. The average molecular weight is 475 g/mol. The molecular weight excluding hydrogens is 448 g/mol. The van der Waals surface area contributed by atoms with Gasteiger partial charge in [-0.05, 0) is 5.56 Å². The number of carboxylic acid groups (broad SMARTS) is 4. The molecule has 1 unspecified atom stereocenters.